The van der Waals surface area contributed by atoms with Crippen molar-refractivity contribution in [2.75, 3.05) is 5.73 Å². The molecule has 3 heteroatoms. The zero-order valence-electron chi connectivity index (χ0n) is 7.95. The van der Waals surface area contributed by atoms with Gasteiger partial charge in [0.2, 0.25) is 0 Å². The molecule has 0 fully saturated rings. The molecular formula is C10H15NOS. The minimum atomic E-state index is 0.232. The number of phenols is 1. The van der Waals surface area contributed by atoms with Crippen molar-refractivity contribution < 1.29 is 5.11 Å². The Morgan fingerprint density at radius 3 is 2.69 bits per heavy atom. The van der Waals surface area contributed by atoms with E-state index in [4.69, 9.17) is 10.8 Å². The molecule has 0 spiro atoms. The average Bonchev–Trinajstić information content (AvgIpc) is 2.02. The number of hydrogen-bond donors (Lipinski definition) is 2. The third kappa shape index (κ3) is 3.19. The van der Waals surface area contributed by atoms with E-state index in [2.05, 4.69) is 13.8 Å². The van der Waals surface area contributed by atoms with Crippen molar-refractivity contribution in [3.05, 3.63) is 23.8 Å². The van der Waals surface area contributed by atoms with E-state index in [9.17, 15) is 0 Å². The van der Waals surface area contributed by atoms with Crippen LogP contribution in [0.3, 0.4) is 0 Å². The monoisotopic (exact) mass is 197 g/mol. The van der Waals surface area contributed by atoms with Crippen LogP contribution in [0.4, 0.5) is 5.69 Å². The van der Waals surface area contributed by atoms with Crippen LogP contribution in [-0.4, -0.2) is 10.4 Å². The number of aromatic hydroxyl groups is 1. The van der Waals surface area contributed by atoms with Gasteiger partial charge in [-0.1, -0.05) is 19.9 Å². The third-order valence-corrected chi connectivity index (χ3v) is 2.85. The highest BCUT2D eigenvalue weighted by Gasteiger charge is 2.01. The SMILES string of the molecule is CC(C)SCc1ccc(O)cc1N. The quantitative estimate of drug-likeness (QED) is 0.732. The Balaban J connectivity index is 2.67. The van der Waals surface area contributed by atoms with Crippen molar-refractivity contribution in [1.82, 2.24) is 0 Å². The van der Waals surface area contributed by atoms with E-state index in [1.165, 1.54) is 0 Å². The van der Waals surface area contributed by atoms with Crippen LogP contribution in [0.2, 0.25) is 0 Å². The lowest BCUT2D eigenvalue weighted by Crippen LogP contribution is -1.94. The van der Waals surface area contributed by atoms with E-state index < -0.39 is 0 Å². The lowest BCUT2D eigenvalue weighted by molar-refractivity contribution is 0.475. The largest absolute Gasteiger partial charge is 0.508 e. The van der Waals surface area contributed by atoms with Crippen molar-refractivity contribution in [3.8, 4) is 5.75 Å². The highest BCUT2D eigenvalue weighted by molar-refractivity contribution is 7.99. The summed E-state index contributed by atoms with van der Waals surface area (Å²) in [6.45, 7) is 4.31. The van der Waals surface area contributed by atoms with Gasteiger partial charge in [-0.05, 0) is 16.9 Å². The molecule has 0 amide bonds. The van der Waals surface area contributed by atoms with Gasteiger partial charge in [0.25, 0.3) is 0 Å². The molecule has 0 saturated heterocycles. The predicted octanol–water partition coefficient (Wildman–Crippen LogP) is 2.62. The zero-order valence-corrected chi connectivity index (χ0v) is 8.77. The van der Waals surface area contributed by atoms with Crippen molar-refractivity contribution in [2.24, 2.45) is 0 Å². The van der Waals surface area contributed by atoms with Crippen LogP contribution in [0.25, 0.3) is 0 Å². The lowest BCUT2D eigenvalue weighted by Gasteiger charge is -2.07. The van der Waals surface area contributed by atoms with E-state index in [0.29, 0.717) is 10.9 Å². The molecule has 0 aliphatic rings. The summed E-state index contributed by atoms with van der Waals surface area (Å²) in [5.74, 6) is 1.14. The minimum Gasteiger partial charge on any atom is -0.508 e. The summed E-state index contributed by atoms with van der Waals surface area (Å²) in [6.07, 6.45) is 0. The Morgan fingerprint density at radius 1 is 1.46 bits per heavy atom. The Morgan fingerprint density at radius 2 is 2.15 bits per heavy atom. The van der Waals surface area contributed by atoms with E-state index in [-0.39, 0.29) is 5.75 Å². The summed E-state index contributed by atoms with van der Waals surface area (Å²) in [5.41, 5.74) is 7.50. The summed E-state index contributed by atoms with van der Waals surface area (Å²) in [6, 6.07) is 5.14. The van der Waals surface area contributed by atoms with Crippen LogP contribution in [-0.2, 0) is 5.75 Å². The number of phenolic OH excluding ortho intramolecular Hbond substituents is 1. The number of anilines is 1. The summed E-state index contributed by atoms with van der Waals surface area (Å²) in [4.78, 5) is 0. The molecule has 0 aliphatic carbocycles. The second kappa shape index (κ2) is 4.42. The van der Waals surface area contributed by atoms with Gasteiger partial charge < -0.3 is 10.8 Å². The molecule has 72 valence electrons. The van der Waals surface area contributed by atoms with Crippen LogP contribution < -0.4 is 5.73 Å². The molecule has 2 nitrogen and oxygen atoms in total. The second-order valence-corrected chi connectivity index (χ2v) is 4.81. The Bertz CT molecular complexity index is 286. The van der Waals surface area contributed by atoms with Gasteiger partial charge in [-0.2, -0.15) is 11.8 Å². The van der Waals surface area contributed by atoms with Crippen molar-refractivity contribution in [1.29, 1.82) is 0 Å². The maximum Gasteiger partial charge on any atom is 0.117 e. The molecule has 13 heavy (non-hydrogen) atoms. The first kappa shape index (κ1) is 10.3. The molecular weight excluding hydrogens is 182 g/mol. The van der Waals surface area contributed by atoms with E-state index in [1.807, 2.05) is 17.8 Å². The average molecular weight is 197 g/mol. The maximum absolute atomic E-state index is 9.13. The third-order valence-electron chi connectivity index (χ3n) is 1.70. The molecule has 3 N–H and O–H groups in total. The Hall–Kier alpha value is -0.830. The summed E-state index contributed by atoms with van der Waals surface area (Å²) in [5, 5.41) is 9.73. The summed E-state index contributed by atoms with van der Waals surface area (Å²) < 4.78 is 0. The number of rotatable bonds is 3. The number of nitrogens with two attached hydrogens (primary N) is 1. The van der Waals surface area contributed by atoms with Gasteiger partial charge >= 0.3 is 0 Å². The molecule has 0 radical (unpaired) electrons. The molecule has 1 aromatic carbocycles. The first-order valence-corrected chi connectivity index (χ1v) is 5.33. The maximum atomic E-state index is 9.13. The van der Waals surface area contributed by atoms with Gasteiger partial charge in [0.15, 0.2) is 0 Å². The fourth-order valence-electron chi connectivity index (χ4n) is 0.970. The summed E-state index contributed by atoms with van der Waals surface area (Å²) in [7, 11) is 0. The smallest absolute Gasteiger partial charge is 0.117 e. The van der Waals surface area contributed by atoms with Crippen LogP contribution >= 0.6 is 11.8 Å². The predicted molar refractivity (Wildman–Crippen MR) is 59.0 cm³/mol. The molecule has 0 aromatic heterocycles. The fraction of sp³-hybridized carbons (Fsp3) is 0.400. The van der Waals surface area contributed by atoms with E-state index in [1.54, 1.807) is 12.1 Å². The number of hydrogen-bond acceptors (Lipinski definition) is 3. The Kier molecular flexibility index (Phi) is 3.48. The highest BCUT2D eigenvalue weighted by Crippen LogP contribution is 2.24. The van der Waals surface area contributed by atoms with E-state index in [0.717, 1.165) is 11.3 Å². The van der Waals surface area contributed by atoms with Crippen LogP contribution in [0.5, 0.6) is 5.75 Å². The summed E-state index contributed by atoms with van der Waals surface area (Å²) >= 11 is 1.84. The number of thioether (sulfide) groups is 1. The van der Waals surface area contributed by atoms with Gasteiger partial charge in [-0.15, -0.1) is 0 Å². The highest BCUT2D eigenvalue weighted by atomic mass is 32.2. The second-order valence-electron chi connectivity index (χ2n) is 3.24. The molecule has 0 unspecified atom stereocenters. The first-order valence-electron chi connectivity index (χ1n) is 4.28. The normalized spacial score (nSPS) is 10.7. The van der Waals surface area contributed by atoms with Crippen LogP contribution in [0.15, 0.2) is 18.2 Å². The van der Waals surface area contributed by atoms with Crippen molar-refractivity contribution >= 4 is 17.4 Å². The zero-order chi connectivity index (χ0) is 9.84. The standard InChI is InChI=1S/C10H15NOS/c1-7(2)13-6-8-3-4-9(12)5-10(8)11/h3-5,7,12H,6,11H2,1-2H3. The van der Waals surface area contributed by atoms with Gasteiger partial charge in [0.05, 0.1) is 0 Å². The van der Waals surface area contributed by atoms with Gasteiger partial charge in [0.1, 0.15) is 5.75 Å². The van der Waals surface area contributed by atoms with Crippen molar-refractivity contribution in [3.63, 3.8) is 0 Å². The molecule has 0 atom stereocenters. The van der Waals surface area contributed by atoms with Crippen LogP contribution in [0.1, 0.15) is 19.4 Å². The van der Waals surface area contributed by atoms with Gasteiger partial charge in [0, 0.05) is 17.5 Å². The lowest BCUT2D eigenvalue weighted by atomic mass is 10.2. The molecule has 0 saturated carbocycles. The molecule has 1 rings (SSSR count). The molecule has 0 aliphatic heterocycles. The van der Waals surface area contributed by atoms with Gasteiger partial charge in [-0.3, -0.25) is 0 Å². The first-order chi connectivity index (χ1) is 6.09. The minimum absolute atomic E-state index is 0.232. The Labute approximate surface area is 83.1 Å². The van der Waals surface area contributed by atoms with Crippen molar-refractivity contribution in [2.45, 2.75) is 24.9 Å². The molecule has 0 heterocycles. The molecule has 0 bridgehead atoms. The fourth-order valence-corrected chi connectivity index (χ4v) is 1.75. The van der Waals surface area contributed by atoms with Crippen LogP contribution in [0, 0.1) is 0 Å². The topological polar surface area (TPSA) is 46.2 Å². The number of nitrogen functional groups attached to an aromatic ring is 1. The number of benzene rings is 1. The van der Waals surface area contributed by atoms with Gasteiger partial charge in [-0.25, -0.2) is 0 Å². The van der Waals surface area contributed by atoms with E-state index >= 15 is 0 Å². The molecule has 1 aromatic rings.